The molecule has 0 aliphatic heterocycles. The number of nitrogens with one attached hydrogen (secondary N) is 1. The van der Waals surface area contributed by atoms with Gasteiger partial charge in [-0.25, -0.2) is 4.98 Å². The summed E-state index contributed by atoms with van der Waals surface area (Å²) in [6.45, 7) is 2.26. The topological polar surface area (TPSA) is 34.1 Å². The van der Waals surface area contributed by atoms with Crippen LogP contribution in [0.2, 0.25) is 0 Å². The van der Waals surface area contributed by atoms with Crippen molar-refractivity contribution >= 4 is 21.7 Å². The Morgan fingerprint density at radius 1 is 1.50 bits per heavy atom. The van der Waals surface area contributed by atoms with Crippen LogP contribution in [0.25, 0.3) is 0 Å². The highest BCUT2D eigenvalue weighted by molar-refractivity contribution is 9.10. The molecule has 7 heteroatoms. The van der Waals surface area contributed by atoms with E-state index in [-0.39, 0.29) is 11.9 Å². The van der Waals surface area contributed by atoms with Gasteiger partial charge in [-0.3, -0.25) is 0 Å². The highest BCUT2D eigenvalue weighted by Gasteiger charge is 2.34. The minimum absolute atomic E-state index is 0.153. The van der Waals surface area contributed by atoms with Crippen LogP contribution in [0.5, 0.6) is 0 Å². The normalized spacial score (nSPS) is 13.4. The van der Waals surface area contributed by atoms with Crippen LogP contribution in [-0.4, -0.2) is 24.7 Å². The number of aromatic nitrogens is 1. The minimum atomic E-state index is -4.43. The van der Waals surface area contributed by atoms with E-state index >= 15 is 0 Å². The lowest BCUT2D eigenvalue weighted by Crippen LogP contribution is -2.21. The molecule has 0 radical (unpaired) electrons. The maximum absolute atomic E-state index is 12.8. The Bertz CT molecular complexity index is 398. The number of halogens is 4. The molecule has 0 saturated carbocycles. The molecule has 1 heterocycles. The second kappa shape index (κ2) is 6.38. The number of rotatable bonds is 5. The summed E-state index contributed by atoms with van der Waals surface area (Å²) in [5.41, 5.74) is -0.777. The third-order valence-corrected chi connectivity index (χ3v) is 2.73. The molecule has 0 aliphatic carbocycles. The molecule has 1 atom stereocenters. The van der Waals surface area contributed by atoms with Gasteiger partial charge in [0.15, 0.2) is 0 Å². The number of anilines is 1. The lowest BCUT2D eigenvalue weighted by Gasteiger charge is -2.18. The fraction of sp³-hybridized carbons (Fsp3) is 0.545. The second-order valence-corrected chi connectivity index (χ2v) is 4.79. The van der Waals surface area contributed by atoms with Crippen molar-refractivity contribution in [1.82, 2.24) is 4.98 Å². The molecule has 1 aromatic heterocycles. The standard InChI is InChI=1S/C11H14BrF3N2O/c1-7(3-4-18-2)17-10-9(11(13,14)15)5-8(12)6-16-10/h5-7H,3-4H2,1-2H3,(H,16,17). The Kier molecular flexibility index (Phi) is 5.40. The van der Waals surface area contributed by atoms with Crippen LogP contribution in [0, 0.1) is 0 Å². The summed E-state index contributed by atoms with van der Waals surface area (Å²) in [5, 5.41) is 2.75. The molecular weight excluding hydrogens is 313 g/mol. The third-order valence-electron chi connectivity index (χ3n) is 2.30. The van der Waals surface area contributed by atoms with Gasteiger partial charge in [0.25, 0.3) is 0 Å². The molecule has 0 aliphatic rings. The predicted octanol–water partition coefficient (Wildman–Crippen LogP) is 3.70. The number of hydrogen-bond donors (Lipinski definition) is 1. The van der Waals surface area contributed by atoms with Crippen LogP contribution < -0.4 is 5.32 Å². The van der Waals surface area contributed by atoms with Crippen LogP contribution in [0.1, 0.15) is 18.9 Å². The number of ether oxygens (including phenoxy) is 1. The molecule has 1 unspecified atom stereocenters. The highest BCUT2D eigenvalue weighted by atomic mass is 79.9. The Balaban J connectivity index is 2.88. The van der Waals surface area contributed by atoms with E-state index in [0.29, 0.717) is 17.5 Å². The molecule has 0 spiro atoms. The quantitative estimate of drug-likeness (QED) is 0.895. The molecule has 0 bridgehead atoms. The molecule has 18 heavy (non-hydrogen) atoms. The van der Waals surface area contributed by atoms with Gasteiger partial charge < -0.3 is 10.1 Å². The average Bonchev–Trinajstić information content (AvgIpc) is 2.27. The Hall–Kier alpha value is -0.820. The molecular formula is C11H14BrF3N2O. The molecule has 0 saturated heterocycles. The van der Waals surface area contributed by atoms with Crippen LogP contribution in [0.15, 0.2) is 16.7 Å². The van der Waals surface area contributed by atoms with E-state index in [0.717, 1.165) is 6.07 Å². The van der Waals surface area contributed by atoms with E-state index < -0.39 is 11.7 Å². The first-order valence-corrected chi connectivity index (χ1v) is 6.12. The van der Waals surface area contributed by atoms with Crippen LogP contribution in [0.4, 0.5) is 19.0 Å². The molecule has 1 rings (SSSR count). The number of pyridine rings is 1. The number of nitrogens with zero attached hydrogens (tertiary/aromatic N) is 1. The average molecular weight is 327 g/mol. The summed E-state index contributed by atoms with van der Waals surface area (Å²) < 4.78 is 43.6. The van der Waals surface area contributed by atoms with E-state index in [1.165, 1.54) is 6.20 Å². The van der Waals surface area contributed by atoms with Crippen LogP contribution in [-0.2, 0) is 10.9 Å². The number of hydrogen-bond acceptors (Lipinski definition) is 3. The van der Waals surface area contributed by atoms with E-state index in [1.54, 1.807) is 14.0 Å². The van der Waals surface area contributed by atoms with Gasteiger partial charge in [0.1, 0.15) is 5.82 Å². The molecule has 0 fully saturated rings. The fourth-order valence-corrected chi connectivity index (χ4v) is 1.70. The highest BCUT2D eigenvalue weighted by Crippen LogP contribution is 2.35. The van der Waals surface area contributed by atoms with E-state index in [4.69, 9.17) is 4.74 Å². The van der Waals surface area contributed by atoms with Crippen molar-refractivity contribution in [2.24, 2.45) is 0 Å². The smallest absolute Gasteiger partial charge is 0.385 e. The molecule has 102 valence electrons. The molecule has 0 aromatic carbocycles. The summed E-state index contributed by atoms with van der Waals surface area (Å²) in [6, 6.07) is 0.859. The molecule has 3 nitrogen and oxygen atoms in total. The van der Waals surface area contributed by atoms with Crippen LogP contribution >= 0.6 is 15.9 Å². The summed E-state index contributed by atoms with van der Waals surface area (Å²) in [4.78, 5) is 3.77. The summed E-state index contributed by atoms with van der Waals surface area (Å²) in [7, 11) is 1.55. The van der Waals surface area contributed by atoms with Gasteiger partial charge in [0.2, 0.25) is 0 Å². The summed E-state index contributed by atoms with van der Waals surface area (Å²) in [5.74, 6) is -0.158. The first-order valence-electron chi connectivity index (χ1n) is 5.32. The molecule has 1 aromatic rings. The van der Waals surface area contributed by atoms with Crippen molar-refractivity contribution in [3.8, 4) is 0 Å². The van der Waals surface area contributed by atoms with Crippen molar-refractivity contribution in [2.45, 2.75) is 25.6 Å². The zero-order valence-electron chi connectivity index (χ0n) is 10.0. The van der Waals surface area contributed by atoms with Gasteiger partial charge in [-0.2, -0.15) is 13.2 Å². The Morgan fingerprint density at radius 3 is 2.72 bits per heavy atom. The van der Waals surface area contributed by atoms with Crippen molar-refractivity contribution in [1.29, 1.82) is 0 Å². The zero-order chi connectivity index (χ0) is 13.8. The lowest BCUT2D eigenvalue weighted by atomic mass is 10.2. The summed E-state index contributed by atoms with van der Waals surface area (Å²) >= 11 is 2.99. The first-order chi connectivity index (χ1) is 8.34. The van der Waals surface area contributed by atoms with Gasteiger partial charge in [-0.05, 0) is 35.3 Å². The monoisotopic (exact) mass is 326 g/mol. The van der Waals surface area contributed by atoms with Crippen molar-refractivity contribution in [2.75, 3.05) is 19.0 Å². The second-order valence-electron chi connectivity index (χ2n) is 3.87. The van der Waals surface area contributed by atoms with Gasteiger partial charge in [0, 0.05) is 30.4 Å². The predicted molar refractivity (Wildman–Crippen MR) is 66.5 cm³/mol. The van der Waals surface area contributed by atoms with E-state index in [1.807, 2.05) is 0 Å². The summed E-state index contributed by atoms with van der Waals surface area (Å²) in [6.07, 6.45) is -2.49. The maximum Gasteiger partial charge on any atom is 0.419 e. The third kappa shape index (κ3) is 4.45. The first kappa shape index (κ1) is 15.2. The Labute approximate surface area is 112 Å². The van der Waals surface area contributed by atoms with E-state index in [2.05, 4.69) is 26.2 Å². The number of methoxy groups -OCH3 is 1. The number of alkyl halides is 3. The SMILES string of the molecule is COCCC(C)Nc1ncc(Br)cc1C(F)(F)F. The fourth-order valence-electron chi connectivity index (χ4n) is 1.37. The molecule has 0 amide bonds. The largest absolute Gasteiger partial charge is 0.419 e. The van der Waals surface area contributed by atoms with Crippen molar-refractivity contribution in [3.05, 3.63) is 22.3 Å². The molecule has 1 N–H and O–H groups in total. The minimum Gasteiger partial charge on any atom is -0.385 e. The van der Waals surface area contributed by atoms with Gasteiger partial charge >= 0.3 is 6.18 Å². The van der Waals surface area contributed by atoms with E-state index in [9.17, 15) is 13.2 Å². The maximum atomic E-state index is 12.8. The van der Waals surface area contributed by atoms with Gasteiger partial charge in [0.05, 0.1) is 5.56 Å². The lowest BCUT2D eigenvalue weighted by molar-refractivity contribution is -0.137. The van der Waals surface area contributed by atoms with Gasteiger partial charge in [-0.15, -0.1) is 0 Å². The van der Waals surface area contributed by atoms with Crippen molar-refractivity contribution < 1.29 is 17.9 Å². The Morgan fingerprint density at radius 2 is 2.17 bits per heavy atom. The van der Waals surface area contributed by atoms with Crippen molar-refractivity contribution in [3.63, 3.8) is 0 Å². The van der Waals surface area contributed by atoms with Crippen LogP contribution in [0.3, 0.4) is 0 Å². The zero-order valence-corrected chi connectivity index (χ0v) is 11.6. The van der Waals surface area contributed by atoms with Gasteiger partial charge in [-0.1, -0.05) is 0 Å².